The summed E-state index contributed by atoms with van der Waals surface area (Å²) in [7, 11) is 0. The predicted molar refractivity (Wildman–Crippen MR) is 96.6 cm³/mol. The maximum Gasteiger partial charge on any atom is 0.282 e. The van der Waals surface area contributed by atoms with Gasteiger partial charge in [0.25, 0.3) is 5.91 Å². The third kappa shape index (κ3) is 2.10. The van der Waals surface area contributed by atoms with Crippen LogP contribution in [0.1, 0.15) is 27.6 Å². The number of benzene rings is 1. The number of aromatic nitrogens is 4. The lowest BCUT2D eigenvalue weighted by molar-refractivity contribution is 0.0956. The summed E-state index contributed by atoms with van der Waals surface area (Å²) in [4.78, 5) is 22.4. The lowest BCUT2D eigenvalue weighted by Gasteiger charge is -2.07. The Morgan fingerprint density at radius 3 is 2.67 bits per heavy atom. The molecule has 3 aromatic heterocycles. The number of nitrogens with zero attached hydrogens (tertiary/aromatic N) is 4. The predicted octanol–water partition coefficient (Wildman–Crippen LogP) is 4.06. The van der Waals surface area contributed by atoms with Crippen molar-refractivity contribution >= 4 is 38.5 Å². The molecule has 4 rings (SSSR count). The molecule has 0 aliphatic carbocycles. The second kappa shape index (κ2) is 5.27. The van der Waals surface area contributed by atoms with Crippen LogP contribution in [0, 0.1) is 20.8 Å². The van der Waals surface area contributed by atoms with Crippen LogP contribution in [0.4, 0.5) is 0 Å². The molecule has 0 spiro atoms. The molecule has 1 aromatic carbocycles. The van der Waals surface area contributed by atoms with Gasteiger partial charge >= 0.3 is 0 Å². The van der Waals surface area contributed by atoms with Crippen molar-refractivity contribution in [3.8, 4) is 0 Å². The quantitative estimate of drug-likeness (QED) is 0.498. The molecule has 6 heteroatoms. The molecule has 0 unspecified atom stereocenters. The molecule has 0 saturated heterocycles. The number of imidazole rings is 2. The van der Waals surface area contributed by atoms with Crippen LogP contribution in [-0.4, -0.2) is 24.8 Å². The van der Waals surface area contributed by atoms with Gasteiger partial charge in [0.15, 0.2) is 5.65 Å². The topological polar surface area (TPSA) is 52.2 Å². The fourth-order valence-electron chi connectivity index (χ4n) is 3.11. The highest BCUT2D eigenvalue weighted by Gasteiger charge is 2.23. The van der Waals surface area contributed by atoms with Gasteiger partial charge in [0.05, 0.1) is 21.2 Å². The van der Waals surface area contributed by atoms with Crippen molar-refractivity contribution in [3.05, 3.63) is 63.8 Å². The molecule has 120 valence electrons. The molecule has 3 heterocycles. The number of fused-ring (bicyclic) bond motifs is 2. The Hall–Kier alpha value is -2.47. The normalized spacial score (nSPS) is 11.5. The maximum absolute atomic E-state index is 13.3. The van der Waals surface area contributed by atoms with Crippen molar-refractivity contribution in [2.24, 2.45) is 0 Å². The lowest BCUT2D eigenvalue weighted by Crippen LogP contribution is -2.17. The van der Waals surface area contributed by atoms with E-state index < -0.39 is 0 Å². The van der Waals surface area contributed by atoms with E-state index in [1.165, 1.54) is 0 Å². The summed E-state index contributed by atoms with van der Waals surface area (Å²) in [6.07, 6.45) is 1.93. The first-order valence-electron chi connectivity index (χ1n) is 7.61. The van der Waals surface area contributed by atoms with Crippen LogP contribution in [0.5, 0.6) is 0 Å². The SMILES string of the molecule is Cc1cc(Br)c2nc(C)c(C(=O)n3c(C)nc4ccccc43)n2c1. The van der Waals surface area contributed by atoms with Gasteiger partial charge in [-0.05, 0) is 60.5 Å². The Morgan fingerprint density at radius 1 is 1.12 bits per heavy atom. The average Bonchev–Trinajstić information content (AvgIpc) is 3.03. The van der Waals surface area contributed by atoms with E-state index in [0.717, 1.165) is 26.7 Å². The zero-order chi connectivity index (χ0) is 17.0. The van der Waals surface area contributed by atoms with Crippen molar-refractivity contribution in [1.82, 2.24) is 18.9 Å². The summed E-state index contributed by atoms with van der Waals surface area (Å²) in [5.41, 5.74) is 4.66. The van der Waals surface area contributed by atoms with Crippen molar-refractivity contribution in [2.75, 3.05) is 0 Å². The van der Waals surface area contributed by atoms with Gasteiger partial charge in [-0.15, -0.1) is 0 Å². The van der Waals surface area contributed by atoms with Gasteiger partial charge in [0.1, 0.15) is 11.5 Å². The second-order valence-electron chi connectivity index (χ2n) is 5.89. The zero-order valence-corrected chi connectivity index (χ0v) is 15.1. The number of hydrogen-bond acceptors (Lipinski definition) is 3. The molecule has 0 aliphatic rings. The number of aryl methyl sites for hydroxylation is 3. The van der Waals surface area contributed by atoms with Gasteiger partial charge in [-0.2, -0.15) is 0 Å². The fourth-order valence-corrected chi connectivity index (χ4v) is 3.75. The summed E-state index contributed by atoms with van der Waals surface area (Å²) in [6, 6.07) is 9.65. The third-order valence-electron chi connectivity index (χ3n) is 4.12. The highest BCUT2D eigenvalue weighted by molar-refractivity contribution is 9.10. The molecule has 0 amide bonds. The standard InChI is InChI=1S/C18H15BrN4O/c1-10-8-13(19)17-20-11(2)16(22(17)9-10)18(24)23-12(3)21-14-6-4-5-7-15(14)23/h4-9H,1-3H3. The van der Waals surface area contributed by atoms with Crippen LogP contribution in [-0.2, 0) is 0 Å². The Kier molecular flexibility index (Phi) is 3.31. The van der Waals surface area contributed by atoms with E-state index in [0.29, 0.717) is 17.2 Å². The van der Waals surface area contributed by atoms with Gasteiger partial charge in [0.2, 0.25) is 0 Å². The molecule has 0 bridgehead atoms. The van der Waals surface area contributed by atoms with E-state index >= 15 is 0 Å². The molecular weight excluding hydrogens is 368 g/mol. The summed E-state index contributed by atoms with van der Waals surface area (Å²) < 4.78 is 4.38. The molecule has 0 atom stereocenters. The number of rotatable bonds is 1. The Balaban J connectivity index is 2.02. The zero-order valence-electron chi connectivity index (χ0n) is 13.5. The minimum atomic E-state index is -0.122. The third-order valence-corrected chi connectivity index (χ3v) is 4.70. The number of para-hydroxylation sites is 2. The van der Waals surface area contributed by atoms with Gasteiger partial charge in [0, 0.05) is 6.20 Å². The van der Waals surface area contributed by atoms with E-state index in [1.807, 2.05) is 61.7 Å². The minimum Gasteiger partial charge on any atom is -0.294 e. The second-order valence-corrected chi connectivity index (χ2v) is 6.75. The number of halogens is 1. The first-order chi connectivity index (χ1) is 11.5. The van der Waals surface area contributed by atoms with Crippen molar-refractivity contribution < 1.29 is 4.79 Å². The van der Waals surface area contributed by atoms with E-state index in [1.54, 1.807) is 4.57 Å². The molecule has 5 nitrogen and oxygen atoms in total. The van der Waals surface area contributed by atoms with Crippen LogP contribution in [0.3, 0.4) is 0 Å². The van der Waals surface area contributed by atoms with Crippen molar-refractivity contribution in [2.45, 2.75) is 20.8 Å². The fraction of sp³-hybridized carbons (Fsp3) is 0.167. The summed E-state index contributed by atoms with van der Waals surface area (Å²) in [6.45, 7) is 5.69. The summed E-state index contributed by atoms with van der Waals surface area (Å²) in [5, 5.41) is 0. The Morgan fingerprint density at radius 2 is 1.88 bits per heavy atom. The first-order valence-corrected chi connectivity index (χ1v) is 8.40. The van der Waals surface area contributed by atoms with Crippen LogP contribution < -0.4 is 0 Å². The van der Waals surface area contributed by atoms with E-state index in [9.17, 15) is 4.79 Å². The average molecular weight is 383 g/mol. The van der Waals surface area contributed by atoms with Crippen molar-refractivity contribution in [1.29, 1.82) is 0 Å². The van der Waals surface area contributed by atoms with Crippen molar-refractivity contribution in [3.63, 3.8) is 0 Å². The van der Waals surface area contributed by atoms with Gasteiger partial charge in [-0.3, -0.25) is 13.8 Å². The molecule has 0 saturated carbocycles. The number of hydrogen-bond donors (Lipinski definition) is 0. The van der Waals surface area contributed by atoms with E-state index in [2.05, 4.69) is 25.9 Å². The molecular formula is C18H15BrN4O. The number of pyridine rings is 1. The van der Waals surface area contributed by atoms with Gasteiger partial charge in [-0.1, -0.05) is 12.1 Å². The smallest absolute Gasteiger partial charge is 0.282 e. The van der Waals surface area contributed by atoms with Gasteiger partial charge in [-0.25, -0.2) is 9.97 Å². The molecule has 4 aromatic rings. The maximum atomic E-state index is 13.3. The number of carbonyl (C=O) groups is 1. The van der Waals surface area contributed by atoms with Crippen LogP contribution in [0.2, 0.25) is 0 Å². The van der Waals surface area contributed by atoms with Crippen LogP contribution in [0.15, 0.2) is 41.0 Å². The minimum absolute atomic E-state index is 0.122. The summed E-state index contributed by atoms with van der Waals surface area (Å²) >= 11 is 3.53. The van der Waals surface area contributed by atoms with E-state index in [-0.39, 0.29) is 5.91 Å². The Bertz CT molecular complexity index is 1120. The molecule has 0 aliphatic heterocycles. The van der Waals surface area contributed by atoms with Gasteiger partial charge < -0.3 is 0 Å². The largest absolute Gasteiger partial charge is 0.294 e. The van der Waals surface area contributed by atoms with Crippen LogP contribution in [0.25, 0.3) is 16.7 Å². The Labute approximate surface area is 147 Å². The summed E-state index contributed by atoms with van der Waals surface area (Å²) in [5.74, 6) is 0.547. The first kappa shape index (κ1) is 15.1. The van der Waals surface area contributed by atoms with E-state index in [4.69, 9.17) is 0 Å². The molecule has 0 fully saturated rings. The highest BCUT2D eigenvalue weighted by Crippen LogP contribution is 2.24. The molecule has 0 radical (unpaired) electrons. The lowest BCUT2D eigenvalue weighted by atomic mass is 10.2. The highest BCUT2D eigenvalue weighted by atomic mass is 79.9. The van der Waals surface area contributed by atoms with Crippen LogP contribution >= 0.6 is 15.9 Å². The molecule has 24 heavy (non-hydrogen) atoms. The molecule has 0 N–H and O–H groups in total. The monoisotopic (exact) mass is 382 g/mol. The number of carbonyl (C=O) groups excluding carboxylic acids is 1.